The number of phenolic OH excluding ortho intramolecular Hbond substituents is 1. The largest absolute Gasteiger partial charge is 0.506 e. The third-order valence-electron chi connectivity index (χ3n) is 3.93. The van der Waals surface area contributed by atoms with Gasteiger partial charge in [-0.15, -0.1) is 0 Å². The Morgan fingerprint density at radius 2 is 2.00 bits per heavy atom. The van der Waals surface area contributed by atoms with Crippen molar-refractivity contribution in [1.29, 1.82) is 0 Å². The van der Waals surface area contributed by atoms with E-state index in [-0.39, 0.29) is 5.75 Å². The third-order valence-corrected chi connectivity index (χ3v) is 4.23. The van der Waals surface area contributed by atoms with Gasteiger partial charge < -0.3 is 10.4 Å². The quantitative estimate of drug-likeness (QED) is 0.882. The van der Waals surface area contributed by atoms with Crippen molar-refractivity contribution >= 4 is 11.6 Å². The fourth-order valence-corrected chi connectivity index (χ4v) is 3.05. The molecule has 1 aromatic carbocycles. The maximum Gasteiger partial charge on any atom is 0.134 e. The smallest absolute Gasteiger partial charge is 0.134 e. The van der Waals surface area contributed by atoms with Crippen LogP contribution in [0.2, 0.25) is 5.02 Å². The Morgan fingerprint density at radius 1 is 1.28 bits per heavy atom. The number of aromatic hydroxyl groups is 1. The Hall–Kier alpha value is -0.770. The van der Waals surface area contributed by atoms with Gasteiger partial charge in [-0.3, -0.25) is 4.90 Å². The van der Waals surface area contributed by atoms with Gasteiger partial charge in [0.1, 0.15) is 5.75 Å². The van der Waals surface area contributed by atoms with Gasteiger partial charge in [-0.25, -0.2) is 0 Å². The summed E-state index contributed by atoms with van der Waals surface area (Å²) in [6.45, 7) is 4.32. The highest BCUT2D eigenvalue weighted by molar-refractivity contribution is 6.32. The number of benzene rings is 1. The molecule has 1 saturated carbocycles. The number of rotatable bonds is 3. The van der Waals surface area contributed by atoms with Crippen LogP contribution in [0.3, 0.4) is 0 Å². The predicted octanol–water partition coefficient (Wildman–Crippen LogP) is 2.40. The average Bonchev–Trinajstić information content (AvgIpc) is 3.20. The zero-order valence-corrected chi connectivity index (χ0v) is 11.2. The first-order chi connectivity index (χ1) is 8.75. The Bertz CT molecular complexity index is 428. The maximum absolute atomic E-state index is 9.53. The molecule has 18 heavy (non-hydrogen) atoms. The van der Waals surface area contributed by atoms with Gasteiger partial charge in [-0.05, 0) is 36.5 Å². The summed E-state index contributed by atoms with van der Waals surface area (Å²) in [5.74, 6) is 0.944. The highest BCUT2D eigenvalue weighted by Crippen LogP contribution is 2.45. The summed E-state index contributed by atoms with van der Waals surface area (Å²) < 4.78 is 0. The lowest BCUT2D eigenvalue weighted by Crippen LogP contribution is -2.45. The van der Waals surface area contributed by atoms with Crippen LogP contribution in [-0.4, -0.2) is 36.2 Å². The highest BCUT2D eigenvalue weighted by atomic mass is 35.5. The summed E-state index contributed by atoms with van der Waals surface area (Å²) in [6.07, 6.45) is 2.63. The number of nitrogens with zero attached hydrogens (tertiary/aromatic N) is 1. The van der Waals surface area contributed by atoms with E-state index in [2.05, 4.69) is 10.2 Å². The van der Waals surface area contributed by atoms with Gasteiger partial charge >= 0.3 is 0 Å². The number of hydrogen-bond donors (Lipinski definition) is 2. The van der Waals surface area contributed by atoms with Crippen LogP contribution in [0, 0.1) is 5.92 Å². The SMILES string of the molecule is Oc1ccc([C@H](C2CC2)N2CCNCC2)cc1Cl. The van der Waals surface area contributed by atoms with E-state index in [1.807, 2.05) is 12.1 Å². The Labute approximate surface area is 113 Å². The number of halogens is 1. The van der Waals surface area contributed by atoms with Crippen LogP contribution in [0.4, 0.5) is 0 Å². The second kappa shape index (κ2) is 5.08. The van der Waals surface area contributed by atoms with Gasteiger partial charge in [0, 0.05) is 32.2 Å². The molecule has 0 bridgehead atoms. The minimum atomic E-state index is 0.176. The van der Waals surface area contributed by atoms with Crippen molar-refractivity contribution in [3.63, 3.8) is 0 Å². The number of hydrogen-bond acceptors (Lipinski definition) is 3. The standard InChI is InChI=1S/C14H19ClN2O/c15-12-9-11(3-4-13(12)18)14(10-1-2-10)17-7-5-16-6-8-17/h3-4,9-10,14,16,18H,1-2,5-8H2/t14-/m0/s1. The molecule has 0 radical (unpaired) electrons. The monoisotopic (exact) mass is 266 g/mol. The minimum Gasteiger partial charge on any atom is -0.506 e. The molecule has 2 aliphatic rings. The van der Waals surface area contributed by atoms with Crippen molar-refractivity contribution < 1.29 is 5.11 Å². The lowest BCUT2D eigenvalue weighted by atomic mass is 9.99. The summed E-state index contributed by atoms with van der Waals surface area (Å²) in [5.41, 5.74) is 1.25. The lowest BCUT2D eigenvalue weighted by Gasteiger charge is -2.35. The molecule has 0 spiro atoms. The van der Waals surface area contributed by atoms with E-state index >= 15 is 0 Å². The minimum absolute atomic E-state index is 0.176. The molecular formula is C14H19ClN2O. The van der Waals surface area contributed by atoms with Gasteiger partial charge in [-0.1, -0.05) is 17.7 Å². The molecule has 0 amide bonds. The normalized spacial score (nSPS) is 22.9. The summed E-state index contributed by atoms with van der Waals surface area (Å²) in [5, 5.41) is 13.4. The highest BCUT2D eigenvalue weighted by Gasteiger charge is 2.36. The summed E-state index contributed by atoms with van der Waals surface area (Å²) in [7, 11) is 0. The van der Waals surface area contributed by atoms with Gasteiger partial charge in [0.15, 0.2) is 0 Å². The van der Waals surface area contributed by atoms with E-state index in [0.717, 1.165) is 32.1 Å². The fraction of sp³-hybridized carbons (Fsp3) is 0.571. The van der Waals surface area contributed by atoms with Gasteiger partial charge in [0.25, 0.3) is 0 Å². The third kappa shape index (κ3) is 2.48. The van der Waals surface area contributed by atoms with Crippen LogP contribution in [-0.2, 0) is 0 Å². The van der Waals surface area contributed by atoms with Crippen LogP contribution in [0.5, 0.6) is 5.75 Å². The molecule has 0 unspecified atom stereocenters. The molecule has 1 aromatic rings. The molecule has 0 aromatic heterocycles. The number of nitrogens with one attached hydrogen (secondary N) is 1. The molecule has 3 nitrogen and oxygen atoms in total. The van der Waals surface area contributed by atoms with Gasteiger partial charge in [-0.2, -0.15) is 0 Å². The summed E-state index contributed by atoms with van der Waals surface area (Å²) >= 11 is 6.04. The second-order valence-electron chi connectivity index (χ2n) is 5.28. The van der Waals surface area contributed by atoms with E-state index < -0.39 is 0 Å². The molecule has 2 fully saturated rings. The second-order valence-corrected chi connectivity index (χ2v) is 5.69. The summed E-state index contributed by atoms with van der Waals surface area (Å²) in [6, 6.07) is 6.15. The molecule has 2 N–H and O–H groups in total. The first kappa shape index (κ1) is 12.3. The topological polar surface area (TPSA) is 35.5 Å². The van der Waals surface area contributed by atoms with Gasteiger partial charge in [0.05, 0.1) is 5.02 Å². The molecule has 1 heterocycles. The van der Waals surface area contributed by atoms with E-state index in [4.69, 9.17) is 11.6 Å². The Balaban J connectivity index is 1.85. The molecule has 1 saturated heterocycles. The van der Waals surface area contributed by atoms with E-state index in [9.17, 15) is 5.11 Å². The molecular weight excluding hydrogens is 248 g/mol. The van der Waals surface area contributed by atoms with Gasteiger partial charge in [0.2, 0.25) is 0 Å². The van der Waals surface area contributed by atoms with Crippen LogP contribution < -0.4 is 5.32 Å². The molecule has 98 valence electrons. The van der Waals surface area contributed by atoms with E-state index in [1.54, 1.807) is 6.07 Å². The lowest BCUT2D eigenvalue weighted by molar-refractivity contribution is 0.156. The molecule has 3 rings (SSSR count). The van der Waals surface area contributed by atoms with E-state index in [1.165, 1.54) is 18.4 Å². The maximum atomic E-state index is 9.53. The molecule has 1 aliphatic carbocycles. The molecule has 1 atom stereocenters. The Kier molecular flexibility index (Phi) is 3.46. The molecule has 1 aliphatic heterocycles. The number of piperazine rings is 1. The van der Waals surface area contributed by atoms with Crippen molar-refractivity contribution in [3.8, 4) is 5.75 Å². The van der Waals surface area contributed by atoms with Crippen molar-refractivity contribution in [2.24, 2.45) is 5.92 Å². The molecule has 4 heteroatoms. The fourth-order valence-electron chi connectivity index (χ4n) is 2.86. The predicted molar refractivity (Wildman–Crippen MR) is 73.0 cm³/mol. The first-order valence-corrected chi connectivity index (χ1v) is 7.06. The van der Waals surface area contributed by atoms with E-state index in [0.29, 0.717) is 11.1 Å². The van der Waals surface area contributed by atoms with Crippen LogP contribution in [0.25, 0.3) is 0 Å². The van der Waals surface area contributed by atoms with Crippen LogP contribution in [0.1, 0.15) is 24.4 Å². The van der Waals surface area contributed by atoms with Crippen molar-refractivity contribution in [1.82, 2.24) is 10.2 Å². The van der Waals surface area contributed by atoms with Crippen LogP contribution in [0.15, 0.2) is 18.2 Å². The first-order valence-electron chi connectivity index (χ1n) is 6.69. The zero-order chi connectivity index (χ0) is 12.5. The zero-order valence-electron chi connectivity index (χ0n) is 10.4. The van der Waals surface area contributed by atoms with Crippen molar-refractivity contribution in [2.45, 2.75) is 18.9 Å². The van der Waals surface area contributed by atoms with Crippen molar-refractivity contribution in [3.05, 3.63) is 28.8 Å². The summed E-state index contributed by atoms with van der Waals surface area (Å²) in [4.78, 5) is 2.55. The van der Waals surface area contributed by atoms with Crippen LogP contribution >= 0.6 is 11.6 Å². The average molecular weight is 267 g/mol. The van der Waals surface area contributed by atoms with Crippen molar-refractivity contribution in [2.75, 3.05) is 26.2 Å². The Morgan fingerprint density at radius 3 is 2.61 bits per heavy atom. The number of phenols is 1.